The van der Waals surface area contributed by atoms with Crippen LogP contribution >= 0.6 is 15.9 Å². The molecule has 1 atom stereocenters. The fraction of sp³-hybridized carbons (Fsp3) is 0.500. The highest BCUT2D eigenvalue weighted by Crippen LogP contribution is 2.06. The molecule has 0 spiro atoms. The summed E-state index contributed by atoms with van der Waals surface area (Å²) in [6, 6.07) is 8.04. The Kier molecular flexibility index (Phi) is 6.27. The monoisotopic (exact) mass is 297 g/mol. The SMILES string of the molecule is CCc1ccc(C(=O)NC(C)CCCBr)cc1. The van der Waals surface area contributed by atoms with Gasteiger partial charge in [-0.2, -0.15) is 0 Å². The normalized spacial score (nSPS) is 12.2. The Morgan fingerprint density at radius 3 is 2.53 bits per heavy atom. The van der Waals surface area contributed by atoms with Gasteiger partial charge in [0.2, 0.25) is 0 Å². The maximum absolute atomic E-state index is 11.9. The summed E-state index contributed by atoms with van der Waals surface area (Å²) in [5.74, 6) is 0.0229. The Morgan fingerprint density at radius 2 is 2.00 bits per heavy atom. The molecule has 1 rings (SSSR count). The summed E-state index contributed by atoms with van der Waals surface area (Å²) < 4.78 is 0. The van der Waals surface area contributed by atoms with Crippen LogP contribution in [-0.2, 0) is 6.42 Å². The first-order valence-electron chi connectivity index (χ1n) is 6.13. The van der Waals surface area contributed by atoms with Gasteiger partial charge >= 0.3 is 0 Å². The van der Waals surface area contributed by atoms with Gasteiger partial charge in [-0.1, -0.05) is 35.0 Å². The quantitative estimate of drug-likeness (QED) is 0.800. The molecule has 0 fully saturated rings. The number of carbonyl (C=O) groups excluding carboxylic acids is 1. The number of halogens is 1. The fourth-order valence-electron chi connectivity index (χ4n) is 1.65. The number of carbonyl (C=O) groups is 1. The van der Waals surface area contributed by atoms with Gasteiger partial charge in [-0.25, -0.2) is 0 Å². The van der Waals surface area contributed by atoms with Crippen LogP contribution in [0.3, 0.4) is 0 Å². The van der Waals surface area contributed by atoms with E-state index in [2.05, 4.69) is 28.2 Å². The number of rotatable bonds is 6. The van der Waals surface area contributed by atoms with Crippen LogP contribution in [0.15, 0.2) is 24.3 Å². The van der Waals surface area contributed by atoms with Gasteiger partial charge in [-0.15, -0.1) is 0 Å². The molecule has 0 radical (unpaired) electrons. The smallest absolute Gasteiger partial charge is 0.251 e. The molecule has 1 amide bonds. The van der Waals surface area contributed by atoms with E-state index in [-0.39, 0.29) is 11.9 Å². The summed E-state index contributed by atoms with van der Waals surface area (Å²) in [5, 5.41) is 3.99. The van der Waals surface area contributed by atoms with E-state index < -0.39 is 0 Å². The molecule has 1 N–H and O–H groups in total. The molecule has 0 aliphatic carbocycles. The number of hydrogen-bond donors (Lipinski definition) is 1. The molecule has 0 saturated carbocycles. The first-order valence-corrected chi connectivity index (χ1v) is 7.25. The highest BCUT2D eigenvalue weighted by atomic mass is 79.9. The Bertz CT molecular complexity index is 348. The number of hydrogen-bond acceptors (Lipinski definition) is 1. The highest BCUT2D eigenvalue weighted by molar-refractivity contribution is 9.09. The van der Waals surface area contributed by atoms with E-state index in [1.165, 1.54) is 5.56 Å². The second-order valence-corrected chi connectivity index (χ2v) is 5.05. The summed E-state index contributed by atoms with van der Waals surface area (Å²) >= 11 is 3.39. The van der Waals surface area contributed by atoms with Crippen LogP contribution in [0.25, 0.3) is 0 Å². The van der Waals surface area contributed by atoms with Crippen molar-refractivity contribution in [3.63, 3.8) is 0 Å². The lowest BCUT2D eigenvalue weighted by Crippen LogP contribution is -2.32. The first-order chi connectivity index (χ1) is 8.17. The molecular formula is C14H20BrNO. The zero-order chi connectivity index (χ0) is 12.7. The molecule has 0 aromatic heterocycles. The lowest BCUT2D eigenvalue weighted by atomic mass is 10.1. The van der Waals surface area contributed by atoms with Crippen molar-refractivity contribution in [2.24, 2.45) is 0 Å². The van der Waals surface area contributed by atoms with Crippen molar-refractivity contribution in [2.75, 3.05) is 5.33 Å². The lowest BCUT2D eigenvalue weighted by Gasteiger charge is -2.13. The minimum Gasteiger partial charge on any atom is -0.350 e. The summed E-state index contributed by atoms with van der Waals surface area (Å²) in [6.45, 7) is 4.15. The molecule has 0 aliphatic heterocycles. The maximum Gasteiger partial charge on any atom is 0.251 e. The third-order valence-electron chi connectivity index (χ3n) is 2.77. The van der Waals surface area contributed by atoms with Crippen molar-refractivity contribution in [2.45, 2.75) is 39.2 Å². The van der Waals surface area contributed by atoms with Crippen LogP contribution in [0, 0.1) is 0 Å². The second kappa shape index (κ2) is 7.49. The van der Waals surface area contributed by atoms with E-state index in [9.17, 15) is 4.79 Å². The van der Waals surface area contributed by atoms with E-state index in [1.807, 2.05) is 31.2 Å². The second-order valence-electron chi connectivity index (χ2n) is 4.26. The summed E-state index contributed by atoms with van der Waals surface area (Å²) in [7, 11) is 0. The van der Waals surface area contributed by atoms with Crippen molar-refractivity contribution in [1.29, 1.82) is 0 Å². The summed E-state index contributed by atoms with van der Waals surface area (Å²) in [4.78, 5) is 11.9. The van der Waals surface area contributed by atoms with Crippen molar-refractivity contribution in [3.05, 3.63) is 35.4 Å². The zero-order valence-corrected chi connectivity index (χ0v) is 12.1. The van der Waals surface area contributed by atoms with Crippen molar-refractivity contribution in [3.8, 4) is 0 Å². The number of alkyl halides is 1. The molecule has 0 aliphatic rings. The van der Waals surface area contributed by atoms with Gasteiger partial charge < -0.3 is 5.32 Å². The van der Waals surface area contributed by atoms with Gasteiger partial charge in [0.05, 0.1) is 0 Å². The van der Waals surface area contributed by atoms with E-state index >= 15 is 0 Å². The van der Waals surface area contributed by atoms with Crippen LogP contribution in [0.4, 0.5) is 0 Å². The van der Waals surface area contributed by atoms with Crippen molar-refractivity contribution < 1.29 is 4.79 Å². The molecule has 94 valence electrons. The molecular weight excluding hydrogens is 278 g/mol. The molecule has 3 heteroatoms. The van der Waals surface area contributed by atoms with E-state index in [4.69, 9.17) is 0 Å². The van der Waals surface area contributed by atoms with Gasteiger partial charge in [0.1, 0.15) is 0 Å². The molecule has 1 unspecified atom stereocenters. The summed E-state index contributed by atoms with van der Waals surface area (Å²) in [6.07, 6.45) is 3.09. The van der Waals surface area contributed by atoms with Crippen LogP contribution in [-0.4, -0.2) is 17.3 Å². The van der Waals surface area contributed by atoms with Crippen LogP contribution < -0.4 is 5.32 Å². The first kappa shape index (κ1) is 14.2. The zero-order valence-electron chi connectivity index (χ0n) is 10.5. The number of nitrogens with one attached hydrogen (secondary N) is 1. The van der Waals surface area contributed by atoms with Crippen molar-refractivity contribution >= 4 is 21.8 Å². The molecule has 1 aromatic rings. The number of amides is 1. The van der Waals surface area contributed by atoms with E-state index in [1.54, 1.807) is 0 Å². The molecule has 0 saturated heterocycles. The largest absolute Gasteiger partial charge is 0.350 e. The molecule has 17 heavy (non-hydrogen) atoms. The minimum atomic E-state index is 0.0229. The molecule has 0 heterocycles. The molecule has 1 aromatic carbocycles. The third-order valence-corrected chi connectivity index (χ3v) is 3.33. The van der Waals surface area contributed by atoms with Gasteiger partial charge in [-0.05, 0) is 43.9 Å². The predicted molar refractivity (Wildman–Crippen MR) is 75.8 cm³/mol. The molecule has 2 nitrogen and oxygen atoms in total. The average Bonchev–Trinajstić information content (AvgIpc) is 2.36. The average molecular weight is 298 g/mol. The minimum absolute atomic E-state index is 0.0229. The topological polar surface area (TPSA) is 29.1 Å². The van der Waals surface area contributed by atoms with Gasteiger partial charge in [-0.3, -0.25) is 4.79 Å². The Morgan fingerprint density at radius 1 is 1.35 bits per heavy atom. The van der Waals surface area contributed by atoms with Crippen LogP contribution in [0.2, 0.25) is 0 Å². The Hall–Kier alpha value is -0.830. The van der Waals surface area contributed by atoms with Gasteiger partial charge in [0.15, 0.2) is 0 Å². The number of benzene rings is 1. The van der Waals surface area contributed by atoms with Crippen LogP contribution in [0.5, 0.6) is 0 Å². The molecule has 0 bridgehead atoms. The standard InChI is InChI=1S/C14H20BrNO/c1-3-12-6-8-13(9-7-12)14(17)16-11(2)5-4-10-15/h6-9,11H,3-5,10H2,1-2H3,(H,16,17). The van der Waals surface area contributed by atoms with Crippen molar-refractivity contribution in [1.82, 2.24) is 5.32 Å². The fourth-order valence-corrected chi connectivity index (χ4v) is 1.98. The van der Waals surface area contributed by atoms with E-state index in [0.717, 1.165) is 30.2 Å². The lowest BCUT2D eigenvalue weighted by molar-refractivity contribution is 0.0938. The van der Waals surface area contributed by atoms with Crippen LogP contribution in [0.1, 0.15) is 42.6 Å². The summed E-state index contributed by atoms with van der Waals surface area (Å²) in [5.41, 5.74) is 2.00. The predicted octanol–water partition coefficient (Wildman–Crippen LogP) is 3.54. The highest BCUT2D eigenvalue weighted by Gasteiger charge is 2.08. The van der Waals surface area contributed by atoms with Gasteiger partial charge in [0.25, 0.3) is 5.91 Å². The van der Waals surface area contributed by atoms with Gasteiger partial charge in [0, 0.05) is 16.9 Å². The number of aryl methyl sites for hydroxylation is 1. The third kappa shape index (κ3) is 4.90. The maximum atomic E-state index is 11.9. The van der Waals surface area contributed by atoms with E-state index in [0.29, 0.717) is 0 Å². The Labute approximate surface area is 112 Å². The Balaban J connectivity index is 2.51.